The number of aliphatic carboxylic acids is 1. The van der Waals surface area contributed by atoms with E-state index >= 15 is 0 Å². The Morgan fingerprint density at radius 2 is 1.75 bits per heavy atom. The topological polar surface area (TPSA) is 63.3 Å². The highest BCUT2D eigenvalue weighted by Crippen LogP contribution is 2.08. The van der Waals surface area contributed by atoms with Crippen molar-refractivity contribution in [1.29, 1.82) is 0 Å². The molecular formula is C13H15NO2. The van der Waals surface area contributed by atoms with Gasteiger partial charge in [-0.05, 0) is 30.2 Å². The predicted molar refractivity (Wildman–Crippen MR) is 65.8 cm³/mol. The molecule has 3 nitrogen and oxygen atoms in total. The fourth-order valence-electron chi connectivity index (χ4n) is 1.20. The minimum atomic E-state index is -0.938. The number of carboxylic acids is 1. The van der Waals surface area contributed by atoms with E-state index in [1.54, 1.807) is 6.08 Å². The van der Waals surface area contributed by atoms with E-state index < -0.39 is 5.97 Å². The summed E-state index contributed by atoms with van der Waals surface area (Å²) >= 11 is 0. The summed E-state index contributed by atoms with van der Waals surface area (Å²) in [6.45, 7) is 0.649. The van der Waals surface area contributed by atoms with Crippen LogP contribution in [0.2, 0.25) is 0 Å². The minimum absolute atomic E-state index is 0.649. The highest BCUT2D eigenvalue weighted by atomic mass is 16.4. The highest BCUT2D eigenvalue weighted by Gasteiger charge is 1.90. The maximum atomic E-state index is 10.3. The van der Waals surface area contributed by atoms with E-state index in [0.717, 1.165) is 23.6 Å². The Bertz CT molecular complexity index is 391. The van der Waals surface area contributed by atoms with Gasteiger partial charge >= 0.3 is 5.97 Å². The van der Waals surface area contributed by atoms with Crippen molar-refractivity contribution in [2.24, 2.45) is 5.73 Å². The Morgan fingerprint density at radius 1 is 1.19 bits per heavy atom. The van der Waals surface area contributed by atoms with Crippen molar-refractivity contribution in [2.45, 2.75) is 6.42 Å². The molecule has 0 bridgehead atoms. The number of carbonyl (C=O) groups is 1. The van der Waals surface area contributed by atoms with Crippen LogP contribution in [0.5, 0.6) is 0 Å². The smallest absolute Gasteiger partial charge is 0.328 e. The lowest BCUT2D eigenvalue weighted by Gasteiger charge is -1.95. The quantitative estimate of drug-likeness (QED) is 0.743. The van der Waals surface area contributed by atoms with Crippen LogP contribution >= 0.6 is 0 Å². The van der Waals surface area contributed by atoms with Crippen LogP contribution in [0.1, 0.15) is 17.5 Å². The first-order valence-corrected chi connectivity index (χ1v) is 5.10. The molecular weight excluding hydrogens is 202 g/mol. The van der Waals surface area contributed by atoms with E-state index in [4.69, 9.17) is 10.8 Å². The Kier molecular flexibility index (Phi) is 5.02. The molecule has 0 aliphatic carbocycles. The predicted octanol–water partition coefficient (Wildman–Crippen LogP) is 2.15. The maximum Gasteiger partial charge on any atom is 0.328 e. The van der Waals surface area contributed by atoms with E-state index in [2.05, 4.69) is 0 Å². The molecule has 1 rings (SSSR count). The summed E-state index contributed by atoms with van der Waals surface area (Å²) in [6, 6.07) is 7.63. The van der Waals surface area contributed by atoms with Crippen LogP contribution < -0.4 is 5.73 Å². The van der Waals surface area contributed by atoms with Gasteiger partial charge in [-0.3, -0.25) is 0 Å². The molecule has 0 unspecified atom stereocenters. The lowest BCUT2D eigenvalue weighted by molar-refractivity contribution is -0.131. The molecule has 0 aromatic heterocycles. The van der Waals surface area contributed by atoms with Gasteiger partial charge in [0, 0.05) is 6.08 Å². The number of carboxylic acid groups (broad SMARTS) is 1. The second-order valence-corrected chi connectivity index (χ2v) is 3.32. The van der Waals surface area contributed by atoms with Crippen LogP contribution in [0, 0.1) is 0 Å². The third-order valence-corrected chi connectivity index (χ3v) is 2.00. The van der Waals surface area contributed by atoms with Crippen molar-refractivity contribution in [1.82, 2.24) is 0 Å². The molecule has 0 radical (unpaired) electrons. The summed E-state index contributed by atoms with van der Waals surface area (Å²) in [6.07, 6.45) is 7.56. The van der Waals surface area contributed by atoms with Gasteiger partial charge in [0.15, 0.2) is 0 Å². The lowest BCUT2D eigenvalue weighted by Crippen LogP contribution is -1.94. The van der Waals surface area contributed by atoms with Crippen molar-refractivity contribution in [3.8, 4) is 0 Å². The normalized spacial score (nSPS) is 11.3. The van der Waals surface area contributed by atoms with Gasteiger partial charge in [-0.25, -0.2) is 4.79 Å². The average Bonchev–Trinajstić information content (AvgIpc) is 2.28. The fraction of sp³-hybridized carbons (Fsp3) is 0.154. The van der Waals surface area contributed by atoms with Gasteiger partial charge in [-0.2, -0.15) is 0 Å². The number of hydrogen-bond donors (Lipinski definition) is 2. The lowest BCUT2D eigenvalue weighted by atomic mass is 10.1. The summed E-state index contributed by atoms with van der Waals surface area (Å²) in [4.78, 5) is 10.3. The van der Waals surface area contributed by atoms with Crippen molar-refractivity contribution in [3.63, 3.8) is 0 Å². The Morgan fingerprint density at radius 3 is 2.25 bits per heavy atom. The van der Waals surface area contributed by atoms with Crippen LogP contribution in [-0.2, 0) is 4.79 Å². The Balaban J connectivity index is 2.64. The number of hydrogen-bond acceptors (Lipinski definition) is 2. The van der Waals surface area contributed by atoms with Gasteiger partial charge in [0.25, 0.3) is 0 Å². The monoisotopic (exact) mass is 217 g/mol. The first kappa shape index (κ1) is 12.2. The van der Waals surface area contributed by atoms with Crippen molar-refractivity contribution in [2.75, 3.05) is 6.54 Å². The van der Waals surface area contributed by atoms with Gasteiger partial charge in [0.2, 0.25) is 0 Å². The highest BCUT2D eigenvalue weighted by molar-refractivity contribution is 5.85. The molecule has 0 aliphatic rings. The van der Waals surface area contributed by atoms with Crippen LogP contribution in [0.15, 0.2) is 36.4 Å². The number of benzene rings is 1. The Labute approximate surface area is 94.9 Å². The molecule has 0 heterocycles. The van der Waals surface area contributed by atoms with Crippen molar-refractivity contribution < 1.29 is 9.90 Å². The zero-order valence-electron chi connectivity index (χ0n) is 8.97. The first-order chi connectivity index (χ1) is 7.72. The summed E-state index contributed by atoms with van der Waals surface area (Å²) in [5, 5.41) is 8.46. The zero-order valence-corrected chi connectivity index (χ0v) is 8.97. The van der Waals surface area contributed by atoms with Gasteiger partial charge in [-0.15, -0.1) is 0 Å². The van der Waals surface area contributed by atoms with Crippen LogP contribution in [0.3, 0.4) is 0 Å². The third kappa shape index (κ3) is 4.57. The van der Waals surface area contributed by atoms with Crippen LogP contribution in [0.4, 0.5) is 0 Å². The van der Waals surface area contributed by atoms with E-state index in [9.17, 15) is 4.79 Å². The maximum absolute atomic E-state index is 10.3. The number of rotatable bonds is 5. The van der Waals surface area contributed by atoms with Crippen molar-refractivity contribution in [3.05, 3.63) is 47.5 Å². The van der Waals surface area contributed by atoms with Gasteiger partial charge < -0.3 is 10.8 Å². The van der Waals surface area contributed by atoms with E-state index in [1.807, 2.05) is 36.4 Å². The van der Waals surface area contributed by atoms with Crippen LogP contribution in [-0.4, -0.2) is 17.6 Å². The molecule has 0 aliphatic heterocycles. The molecule has 84 valence electrons. The molecule has 1 aromatic carbocycles. The minimum Gasteiger partial charge on any atom is -0.478 e. The van der Waals surface area contributed by atoms with E-state index in [1.165, 1.54) is 0 Å². The van der Waals surface area contributed by atoms with E-state index in [-0.39, 0.29) is 0 Å². The second kappa shape index (κ2) is 6.58. The van der Waals surface area contributed by atoms with E-state index in [0.29, 0.717) is 6.54 Å². The molecule has 3 heteroatoms. The summed E-state index contributed by atoms with van der Waals surface area (Å²) < 4.78 is 0. The average molecular weight is 217 g/mol. The molecule has 3 N–H and O–H groups in total. The molecule has 0 amide bonds. The molecule has 0 atom stereocenters. The summed E-state index contributed by atoms with van der Waals surface area (Å²) in [7, 11) is 0. The first-order valence-electron chi connectivity index (χ1n) is 5.10. The fourth-order valence-corrected chi connectivity index (χ4v) is 1.20. The summed E-state index contributed by atoms with van der Waals surface area (Å²) in [5.74, 6) is -0.938. The third-order valence-electron chi connectivity index (χ3n) is 2.00. The summed E-state index contributed by atoms with van der Waals surface area (Å²) in [5.41, 5.74) is 7.33. The van der Waals surface area contributed by atoms with Crippen molar-refractivity contribution >= 4 is 18.1 Å². The van der Waals surface area contributed by atoms with Gasteiger partial charge in [-0.1, -0.05) is 36.4 Å². The second-order valence-electron chi connectivity index (χ2n) is 3.32. The standard InChI is InChI=1S/C13H15NO2/c14-10-2-1-3-11-4-6-12(7-5-11)8-9-13(15)16/h1,3-9H,2,10,14H2,(H,15,16)/b3-1?,9-8+. The molecule has 0 fully saturated rings. The van der Waals surface area contributed by atoms with Gasteiger partial charge in [0.05, 0.1) is 0 Å². The van der Waals surface area contributed by atoms with Crippen LogP contribution in [0.25, 0.3) is 12.2 Å². The molecule has 1 aromatic rings. The zero-order chi connectivity index (χ0) is 11.8. The molecule has 0 saturated carbocycles. The molecule has 0 spiro atoms. The van der Waals surface area contributed by atoms with Gasteiger partial charge in [0.1, 0.15) is 0 Å². The molecule has 0 saturated heterocycles. The SMILES string of the molecule is NCCC=Cc1ccc(/C=C/C(=O)O)cc1. The molecule has 16 heavy (non-hydrogen) atoms. The number of nitrogens with two attached hydrogens (primary N) is 1. The Hall–Kier alpha value is -1.87. The largest absolute Gasteiger partial charge is 0.478 e.